The Hall–Kier alpha value is -5.08. The second-order valence-corrected chi connectivity index (χ2v) is 20.0. The van der Waals surface area contributed by atoms with Crippen molar-refractivity contribution in [1.82, 2.24) is 0 Å². The van der Waals surface area contributed by atoms with Crippen LogP contribution in [0.2, 0.25) is 0 Å². The van der Waals surface area contributed by atoms with Crippen molar-refractivity contribution in [1.29, 1.82) is 0 Å². The molecule has 74 heavy (non-hydrogen) atoms. The normalized spacial score (nSPS) is 22.7. The first-order chi connectivity index (χ1) is 36.4. The Labute approximate surface area is 439 Å². The van der Waals surface area contributed by atoms with Gasteiger partial charge in [-0.05, 0) is 39.8 Å². The molecule has 4 N–H and O–H groups in total. The van der Waals surface area contributed by atoms with Gasteiger partial charge in [-0.2, -0.15) is 0 Å². The summed E-state index contributed by atoms with van der Waals surface area (Å²) in [6, 6.07) is 59.5. The van der Waals surface area contributed by atoms with E-state index in [1.165, 1.54) is 51.4 Å². The number of benzene rings is 6. The Kier molecular flexibility index (Phi) is 21.0. The van der Waals surface area contributed by atoms with E-state index in [9.17, 15) is 20.4 Å². The van der Waals surface area contributed by atoms with Crippen molar-refractivity contribution in [3.05, 3.63) is 215 Å². The van der Waals surface area contributed by atoms with Crippen LogP contribution in [0, 0.1) is 0 Å². The maximum atomic E-state index is 12.2. The van der Waals surface area contributed by atoms with Crippen LogP contribution in [0.25, 0.3) is 0 Å². The molecule has 6 aromatic rings. The van der Waals surface area contributed by atoms with E-state index in [1.54, 1.807) is 0 Å². The van der Waals surface area contributed by atoms with Gasteiger partial charge in [0.15, 0.2) is 6.29 Å². The molecule has 2 aliphatic rings. The molecule has 0 bridgehead atoms. The fourth-order valence-electron chi connectivity index (χ4n) is 10.8. The second kappa shape index (κ2) is 28.2. The molecule has 2 saturated heterocycles. The molecule has 394 valence electrons. The fraction of sp³-hybridized carbons (Fsp3) is 0.438. The van der Waals surface area contributed by atoms with Gasteiger partial charge in [0.05, 0.1) is 19.8 Å². The quantitative estimate of drug-likeness (QED) is 0.0266. The van der Waals surface area contributed by atoms with Crippen LogP contribution in [0.4, 0.5) is 0 Å². The minimum Gasteiger partial charge on any atom is -0.388 e. The number of ether oxygens (including phenoxy) is 6. The zero-order valence-electron chi connectivity index (χ0n) is 43.1. The van der Waals surface area contributed by atoms with Crippen molar-refractivity contribution in [2.75, 3.05) is 26.4 Å². The molecular formula is C64H78O10. The molecule has 0 aliphatic carbocycles. The third-order valence-corrected chi connectivity index (χ3v) is 14.8. The van der Waals surface area contributed by atoms with Gasteiger partial charge in [0.2, 0.25) is 0 Å². The van der Waals surface area contributed by atoms with Crippen molar-refractivity contribution >= 4 is 0 Å². The molecule has 6 aromatic carbocycles. The van der Waals surface area contributed by atoms with E-state index in [2.05, 4.69) is 6.92 Å². The van der Waals surface area contributed by atoms with Crippen molar-refractivity contribution < 1.29 is 48.8 Å². The zero-order chi connectivity index (χ0) is 51.4. The summed E-state index contributed by atoms with van der Waals surface area (Å²) < 4.78 is 39.9. The molecule has 10 heteroatoms. The van der Waals surface area contributed by atoms with Crippen LogP contribution in [-0.4, -0.2) is 102 Å². The fourth-order valence-corrected chi connectivity index (χ4v) is 10.8. The van der Waals surface area contributed by atoms with E-state index in [0.717, 1.165) is 59.1 Å². The highest BCUT2D eigenvalue weighted by Crippen LogP contribution is 2.43. The SMILES string of the molecule is CCCCCCCCCCCCCCO[C@H]1[C@@H](O)[C@@H](COC(c2ccccc2)(c2ccccc2)c2ccccc2)O[C@@H](O[C@@H]2[C@@H]([C@@H](O)COC(c3ccccc3)(c3ccccc3)c3ccccc3)OC[C@H]2O)[C@@H]1O. The summed E-state index contributed by atoms with van der Waals surface area (Å²) in [6.45, 7) is 2.05. The maximum absolute atomic E-state index is 12.2. The van der Waals surface area contributed by atoms with Gasteiger partial charge in [-0.1, -0.05) is 260 Å². The Morgan fingerprint density at radius 2 is 0.865 bits per heavy atom. The van der Waals surface area contributed by atoms with E-state index in [1.807, 2.05) is 182 Å². The number of unbranched alkanes of at least 4 members (excludes halogenated alkanes) is 11. The Bertz CT molecular complexity index is 2250. The molecule has 2 aliphatic heterocycles. The van der Waals surface area contributed by atoms with Crippen molar-refractivity contribution in [3.8, 4) is 0 Å². The summed E-state index contributed by atoms with van der Waals surface area (Å²) in [6.07, 6.45) is 3.08. The third kappa shape index (κ3) is 13.5. The number of hydrogen-bond donors (Lipinski definition) is 4. The number of aliphatic hydroxyl groups is 4. The lowest BCUT2D eigenvalue weighted by atomic mass is 9.80. The van der Waals surface area contributed by atoms with Gasteiger partial charge in [-0.25, -0.2) is 0 Å². The summed E-state index contributed by atoms with van der Waals surface area (Å²) in [5.41, 5.74) is 2.94. The van der Waals surface area contributed by atoms with Crippen LogP contribution in [0.1, 0.15) is 117 Å². The van der Waals surface area contributed by atoms with Crippen LogP contribution >= 0.6 is 0 Å². The molecule has 0 spiro atoms. The molecule has 0 amide bonds. The summed E-state index contributed by atoms with van der Waals surface area (Å²) in [5.74, 6) is 0. The lowest BCUT2D eigenvalue weighted by Crippen LogP contribution is -2.62. The summed E-state index contributed by atoms with van der Waals surface area (Å²) in [5, 5.41) is 48.1. The lowest BCUT2D eigenvalue weighted by Gasteiger charge is -2.45. The number of rotatable bonds is 29. The molecule has 0 aromatic heterocycles. The van der Waals surface area contributed by atoms with Crippen LogP contribution in [-0.2, 0) is 39.6 Å². The Morgan fingerprint density at radius 1 is 0.486 bits per heavy atom. The molecule has 2 heterocycles. The molecular weight excluding hydrogens is 929 g/mol. The molecule has 2 fully saturated rings. The standard InChI is InChI=1S/C64H78O10/c1-2-3-4-5-6-7-8-9-10-11-12-31-44-69-61-57(67)56(47-72-64(51-38-25-16-26-39-51,52-40-27-17-28-41-52)53-42-29-18-30-43-53)73-62(58(61)68)74-60-54(65)45-70-59(60)55(66)46-71-63(48-32-19-13-20-33-48,49-34-21-14-22-35-49)50-36-23-15-24-37-50/h13-30,32-43,54-62,65-68H,2-12,31,44-47H2,1H3/t54-,55+,56-,57+,58-,59-,60+,61+,62+/m1/s1. The summed E-state index contributed by atoms with van der Waals surface area (Å²) in [7, 11) is 0. The minimum absolute atomic E-state index is 0.141. The largest absolute Gasteiger partial charge is 0.388 e. The van der Waals surface area contributed by atoms with Crippen molar-refractivity contribution in [2.24, 2.45) is 0 Å². The van der Waals surface area contributed by atoms with Gasteiger partial charge in [-0.15, -0.1) is 0 Å². The smallest absolute Gasteiger partial charge is 0.187 e. The average molecular weight is 1010 g/mol. The number of aliphatic hydroxyl groups excluding tert-OH is 4. The third-order valence-electron chi connectivity index (χ3n) is 14.8. The predicted octanol–water partition coefficient (Wildman–Crippen LogP) is 11.0. The van der Waals surface area contributed by atoms with Gasteiger partial charge >= 0.3 is 0 Å². The second-order valence-electron chi connectivity index (χ2n) is 20.0. The maximum Gasteiger partial charge on any atom is 0.187 e. The van der Waals surface area contributed by atoms with E-state index in [4.69, 9.17) is 28.4 Å². The number of hydrogen-bond acceptors (Lipinski definition) is 10. The van der Waals surface area contributed by atoms with Crippen molar-refractivity contribution in [3.63, 3.8) is 0 Å². The van der Waals surface area contributed by atoms with Gasteiger partial charge in [0, 0.05) is 6.61 Å². The molecule has 8 rings (SSSR count). The Morgan fingerprint density at radius 3 is 1.27 bits per heavy atom. The summed E-state index contributed by atoms with van der Waals surface area (Å²) in [4.78, 5) is 0. The van der Waals surface area contributed by atoms with Gasteiger partial charge in [0.25, 0.3) is 0 Å². The highest BCUT2D eigenvalue weighted by molar-refractivity contribution is 5.49. The average Bonchev–Trinajstić information content (AvgIpc) is 3.83. The van der Waals surface area contributed by atoms with Crippen LogP contribution in [0.5, 0.6) is 0 Å². The molecule has 0 unspecified atom stereocenters. The van der Waals surface area contributed by atoms with E-state index >= 15 is 0 Å². The monoisotopic (exact) mass is 1010 g/mol. The zero-order valence-corrected chi connectivity index (χ0v) is 43.1. The van der Waals surface area contributed by atoms with E-state index < -0.39 is 66.3 Å². The highest BCUT2D eigenvalue weighted by atomic mass is 16.7. The van der Waals surface area contributed by atoms with E-state index in [-0.39, 0.29) is 19.8 Å². The Balaban J connectivity index is 1.01. The van der Waals surface area contributed by atoms with Gasteiger partial charge < -0.3 is 48.8 Å². The van der Waals surface area contributed by atoms with Crippen molar-refractivity contribution in [2.45, 2.75) is 150 Å². The lowest BCUT2D eigenvalue weighted by molar-refractivity contribution is -0.328. The van der Waals surface area contributed by atoms with Crippen LogP contribution < -0.4 is 0 Å². The van der Waals surface area contributed by atoms with E-state index in [0.29, 0.717) is 6.61 Å². The van der Waals surface area contributed by atoms with Crippen LogP contribution in [0.3, 0.4) is 0 Å². The molecule has 10 nitrogen and oxygen atoms in total. The van der Waals surface area contributed by atoms with Gasteiger partial charge in [-0.3, -0.25) is 0 Å². The minimum atomic E-state index is -1.48. The topological polar surface area (TPSA) is 136 Å². The first-order valence-corrected chi connectivity index (χ1v) is 27.2. The highest BCUT2D eigenvalue weighted by Gasteiger charge is 2.52. The molecule has 0 saturated carbocycles. The molecule has 9 atom stereocenters. The van der Waals surface area contributed by atoms with Gasteiger partial charge in [0.1, 0.15) is 60.0 Å². The predicted molar refractivity (Wildman–Crippen MR) is 288 cm³/mol. The first-order valence-electron chi connectivity index (χ1n) is 27.2. The summed E-state index contributed by atoms with van der Waals surface area (Å²) >= 11 is 0. The van der Waals surface area contributed by atoms with Crippen LogP contribution in [0.15, 0.2) is 182 Å². The molecule has 0 radical (unpaired) electrons. The first kappa shape index (κ1) is 55.2.